The van der Waals surface area contributed by atoms with Crippen molar-refractivity contribution in [1.29, 1.82) is 0 Å². The minimum absolute atomic E-state index is 0.111. The number of piperidine rings is 1. The van der Waals surface area contributed by atoms with Gasteiger partial charge < -0.3 is 15.3 Å². The van der Waals surface area contributed by atoms with Crippen molar-refractivity contribution in [2.45, 2.75) is 37.5 Å². The number of likely N-dealkylation sites (tertiary alicyclic amines) is 1. The Hall–Kier alpha value is -1.01. The molecule has 0 bridgehead atoms. The summed E-state index contributed by atoms with van der Waals surface area (Å²) in [6, 6.07) is 10.1. The lowest BCUT2D eigenvalue weighted by Crippen LogP contribution is -2.47. The Morgan fingerprint density at radius 3 is 2.04 bits per heavy atom. The molecule has 0 amide bonds. The van der Waals surface area contributed by atoms with E-state index < -0.39 is 11.7 Å². The molecule has 2 aromatic rings. The topological polar surface area (TPSA) is 63.9 Å². The number of phenolic OH excluding ortho intramolecular Hbond substituents is 1. The Bertz CT molecular complexity index is 782. The van der Waals surface area contributed by atoms with E-state index in [0.717, 1.165) is 5.56 Å². The molecule has 0 aliphatic carbocycles. The number of aliphatic hydroxyl groups excluding tert-OH is 1. The lowest BCUT2D eigenvalue weighted by Gasteiger charge is -2.42. The van der Waals surface area contributed by atoms with Crippen LogP contribution >= 0.6 is 34.8 Å². The first-order chi connectivity index (χ1) is 12.7. The van der Waals surface area contributed by atoms with Crippen molar-refractivity contribution in [3.63, 3.8) is 0 Å². The molecule has 2 atom stereocenters. The van der Waals surface area contributed by atoms with Crippen LogP contribution in [0.4, 0.5) is 0 Å². The first kappa shape index (κ1) is 20.7. The summed E-state index contributed by atoms with van der Waals surface area (Å²) in [6.07, 6.45) is 0.299. The summed E-state index contributed by atoms with van der Waals surface area (Å²) in [5, 5.41) is 32.3. The molecule has 1 heterocycles. The molecular weight excluding hydrogens is 409 g/mol. The van der Waals surface area contributed by atoms with Crippen molar-refractivity contribution in [2.24, 2.45) is 0 Å². The van der Waals surface area contributed by atoms with Crippen LogP contribution in [0.15, 0.2) is 36.4 Å². The van der Waals surface area contributed by atoms with E-state index in [-0.39, 0.29) is 21.8 Å². The number of nitrogens with zero attached hydrogens (tertiary/aromatic N) is 1. The fraction of sp³-hybridized carbons (Fsp3) is 0.400. The van der Waals surface area contributed by atoms with Crippen molar-refractivity contribution in [3.05, 3.63) is 62.6 Å². The van der Waals surface area contributed by atoms with E-state index in [1.165, 1.54) is 12.1 Å². The Kier molecular flexibility index (Phi) is 6.26. The summed E-state index contributed by atoms with van der Waals surface area (Å²) in [4.78, 5) is 2.13. The number of phenols is 1. The Morgan fingerprint density at radius 1 is 1.00 bits per heavy atom. The van der Waals surface area contributed by atoms with Gasteiger partial charge in [-0.15, -0.1) is 0 Å². The van der Waals surface area contributed by atoms with Gasteiger partial charge >= 0.3 is 0 Å². The van der Waals surface area contributed by atoms with Crippen LogP contribution in [0.5, 0.6) is 5.75 Å². The number of halogens is 3. The highest BCUT2D eigenvalue weighted by Gasteiger charge is 2.36. The minimum Gasteiger partial charge on any atom is -0.505 e. The molecule has 0 aromatic heterocycles. The van der Waals surface area contributed by atoms with E-state index >= 15 is 0 Å². The molecule has 0 saturated carbocycles. The molecule has 1 saturated heterocycles. The van der Waals surface area contributed by atoms with Crippen LogP contribution in [-0.4, -0.2) is 39.4 Å². The van der Waals surface area contributed by atoms with Gasteiger partial charge in [0.1, 0.15) is 0 Å². The van der Waals surface area contributed by atoms with Gasteiger partial charge in [-0.05, 0) is 55.2 Å². The van der Waals surface area contributed by atoms with Crippen molar-refractivity contribution >= 4 is 34.8 Å². The van der Waals surface area contributed by atoms with Crippen molar-refractivity contribution in [3.8, 4) is 5.75 Å². The monoisotopic (exact) mass is 429 g/mol. The quantitative estimate of drug-likeness (QED) is 0.654. The van der Waals surface area contributed by atoms with E-state index in [9.17, 15) is 15.3 Å². The Morgan fingerprint density at radius 2 is 1.52 bits per heavy atom. The maximum atomic E-state index is 11.0. The van der Waals surface area contributed by atoms with E-state index in [2.05, 4.69) is 4.90 Å². The third-order valence-corrected chi connectivity index (χ3v) is 6.25. The summed E-state index contributed by atoms with van der Waals surface area (Å²) in [6.45, 7) is 3.19. The SMILES string of the molecule is C[C@H]([C@H](O)c1cc(Cl)c(O)c(Cl)c1)N1CCC(O)(c2ccc(Cl)cc2)CC1. The third-order valence-electron chi connectivity index (χ3n) is 5.42. The van der Waals surface area contributed by atoms with E-state index in [4.69, 9.17) is 34.8 Å². The fourth-order valence-corrected chi connectivity index (χ4v) is 4.21. The summed E-state index contributed by atoms with van der Waals surface area (Å²) < 4.78 is 0. The summed E-state index contributed by atoms with van der Waals surface area (Å²) in [7, 11) is 0. The van der Waals surface area contributed by atoms with E-state index in [0.29, 0.717) is 36.5 Å². The highest BCUT2D eigenvalue weighted by atomic mass is 35.5. The molecule has 7 heteroatoms. The van der Waals surface area contributed by atoms with Gasteiger partial charge in [0, 0.05) is 24.2 Å². The second-order valence-corrected chi connectivity index (χ2v) is 8.34. The zero-order chi connectivity index (χ0) is 19.8. The molecular formula is C20H22Cl3NO3. The molecule has 0 radical (unpaired) electrons. The molecule has 146 valence electrons. The van der Waals surface area contributed by atoms with Crippen LogP contribution in [0.1, 0.15) is 37.0 Å². The minimum atomic E-state index is -0.892. The van der Waals surface area contributed by atoms with Crippen molar-refractivity contribution in [1.82, 2.24) is 4.90 Å². The zero-order valence-corrected chi connectivity index (χ0v) is 17.1. The molecule has 0 spiro atoms. The number of hydrogen-bond donors (Lipinski definition) is 3. The van der Waals surface area contributed by atoms with E-state index in [1.807, 2.05) is 19.1 Å². The number of benzene rings is 2. The standard InChI is InChI=1S/C20H22Cl3NO3/c1-12(18(25)13-10-16(22)19(26)17(23)11-13)24-8-6-20(27,7-9-24)14-2-4-15(21)5-3-14/h2-5,10-12,18,25-27H,6-9H2,1H3/t12-,18+/m1/s1. The van der Waals surface area contributed by atoms with E-state index in [1.54, 1.807) is 12.1 Å². The Labute approximate surface area is 173 Å². The molecule has 1 aliphatic heterocycles. The number of aliphatic hydroxyl groups is 2. The maximum Gasteiger partial charge on any atom is 0.152 e. The molecule has 3 N–H and O–H groups in total. The average molecular weight is 431 g/mol. The maximum absolute atomic E-state index is 11.0. The van der Waals surface area contributed by atoms with Crippen LogP contribution in [0.3, 0.4) is 0 Å². The molecule has 1 fully saturated rings. The van der Waals surface area contributed by atoms with Crippen LogP contribution < -0.4 is 0 Å². The third kappa shape index (κ3) is 4.37. The van der Waals surface area contributed by atoms with Gasteiger partial charge in [-0.25, -0.2) is 0 Å². The molecule has 4 nitrogen and oxygen atoms in total. The van der Waals surface area contributed by atoms with Gasteiger partial charge in [0.2, 0.25) is 0 Å². The number of aromatic hydroxyl groups is 1. The van der Waals surface area contributed by atoms with Gasteiger partial charge in [-0.1, -0.05) is 46.9 Å². The second kappa shape index (κ2) is 8.16. The van der Waals surface area contributed by atoms with Crippen LogP contribution in [-0.2, 0) is 5.60 Å². The lowest BCUT2D eigenvalue weighted by molar-refractivity contribution is -0.0501. The summed E-state index contributed by atoms with van der Waals surface area (Å²) >= 11 is 17.9. The first-order valence-electron chi connectivity index (χ1n) is 8.80. The predicted molar refractivity (Wildman–Crippen MR) is 109 cm³/mol. The zero-order valence-electron chi connectivity index (χ0n) is 14.9. The van der Waals surface area contributed by atoms with Crippen molar-refractivity contribution in [2.75, 3.05) is 13.1 Å². The normalized spacial score (nSPS) is 19.6. The number of rotatable bonds is 4. The number of hydrogen-bond acceptors (Lipinski definition) is 4. The van der Waals surface area contributed by atoms with Crippen LogP contribution in [0, 0.1) is 0 Å². The van der Waals surface area contributed by atoms with Crippen molar-refractivity contribution < 1.29 is 15.3 Å². The van der Waals surface area contributed by atoms with Gasteiger partial charge in [0.05, 0.1) is 21.8 Å². The van der Waals surface area contributed by atoms with Gasteiger partial charge in [0.15, 0.2) is 5.75 Å². The first-order valence-corrected chi connectivity index (χ1v) is 9.93. The van der Waals surface area contributed by atoms with Crippen LogP contribution in [0.2, 0.25) is 15.1 Å². The smallest absolute Gasteiger partial charge is 0.152 e. The molecule has 27 heavy (non-hydrogen) atoms. The van der Waals surface area contributed by atoms with Gasteiger partial charge in [0.25, 0.3) is 0 Å². The molecule has 1 aliphatic rings. The van der Waals surface area contributed by atoms with Gasteiger partial charge in [-0.2, -0.15) is 0 Å². The molecule has 3 rings (SSSR count). The highest BCUT2D eigenvalue weighted by molar-refractivity contribution is 6.37. The largest absolute Gasteiger partial charge is 0.505 e. The summed E-state index contributed by atoms with van der Waals surface area (Å²) in [5.41, 5.74) is 0.516. The molecule has 0 unspecified atom stereocenters. The average Bonchev–Trinajstić information content (AvgIpc) is 2.65. The highest BCUT2D eigenvalue weighted by Crippen LogP contribution is 2.38. The Balaban J connectivity index is 1.69. The second-order valence-electron chi connectivity index (χ2n) is 7.09. The van der Waals surface area contributed by atoms with Crippen LogP contribution in [0.25, 0.3) is 0 Å². The lowest BCUT2D eigenvalue weighted by atomic mass is 9.83. The summed E-state index contributed by atoms with van der Waals surface area (Å²) in [5.74, 6) is -0.187. The fourth-order valence-electron chi connectivity index (χ4n) is 3.58. The van der Waals surface area contributed by atoms with Gasteiger partial charge in [-0.3, -0.25) is 4.90 Å². The molecule has 2 aromatic carbocycles. The predicted octanol–water partition coefficient (Wildman–Crippen LogP) is 4.76.